The summed E-state index contributed by atoms with van der Waals surface area (Å²) in [7, 11) is 0. The van der Waals surface area contributed by atoms with E-state index in [1.54, 1.807) is 12.3 Å². The normalized spacial score (nSPS) is 10.2. The van der Waals surface area contributed by atoms with E-state index in [4.69, 9.17) is 5.11 Å². The van der Waals surface area contributed by atoms with Gasteiger partial charge in [-0.1, -0.05) is 0 Å². The number of rotatable bonds is 4. The van der Waals surface area contributed by atoms with Crippen LogP contribution in [0.5, 0.6) is 0 Å². The number of carboxylic acids is 1. The molecule has 3 N–H and O–H groups in total. The van der Waals surface area contributed by atoms with E-state index >= 15 is 0 Å². The van der Waals surface area contributed by atoms with Crippen LogP contribution in [0.3, 0.4) is 0 Å². The first-order valence-corrected chi connectivity index (χ1v) is 6.16. The summed E-state index contributed by atoms with van der Waals surface area (Å²) in [5.74, 6) is -1.31. The lowest BCUT2D eigenvalue weighted by Crippen LogP contribution is -2.23. The summed E-state index contributed by atoms with van der Waals surface area (Å²) in [4.78, 5) is 29.3. The number of hydrogen-bond donors (Lipinski definition) is 3. The Morgan fingerprint density at radius 1 is 1.42 bits per heavy atom. The van der Waals surface area contributed by atoms with Gasteiger partial charge in [-0.05, 0) is 34.1 Å². The van der Waals surface area contributed by atoms with Crippen molar-refractivity contribution in [3.63, 3.8) is 0 Å². The highest BCUT2D eigenvalue weighted by molar-refractivity contribution is 9.10. The highest BCUT2D eigenvalue weighted by Crippen LogP contribution is 2.10. The quantitative estimate of drug-likeness (QED) is 0.799. The average molecular weight is 324 g/mol. The number of aromatic nitrogens is 2. The first-order chi connectivity index (χ1) is 9.06. The minimum absolute atomic E-state index is 0.141. The van der Waals surface area contributed by atoms with E-state index in [-0.39, 0.29) is 18.0 Å². The second kappa shape index (κ2) is 5.66. The second-order valence-corrected chi connectivity index (χ2v) is 4.67. The maximum Gasteiger partial charge on any atom is 0.335 e. The fourth-order valence-electron chi connectivity index (χ4n) is 1.47. The van der Waals surface area contributed by atoms with Crippen molar-refractivity contribution >= 4 is 27.8 Å². The SMILES string of the molecule is O=C(O)c1ccnc(CNC(=O)c2cc(Br)c[nH]2)c1. The number of carbonyl (C=O) groups is 2. The zero-order valence-corrected chi connectivity index (χ0v) is 11.3. The molecule has 0 spiro atoms. The van der Waals surface area contributed by atoms with Crippen molar-refractivity contribution in [1.82, 2.24) is 15.3 Å². The van der Waals surface area contributed by atoms with Gasteiger partial charge >= 0.3 is 5.97 Å². The van der Waals surface area contributed by atoms with Crippen molar-refractivity contribution in [2.75, 3.05) is 0 Å². The lowest BCUT2D eigenvalue weighted by molar-refractivity contribution is 0.0696. The van der Waals surface area contributed by atoms with Gasteiger partial charge in [0.15, 0.2) is 0 Å². The van der Waals surface area contributed by atoms with Crippen molar-refractivity contribution in [2.45, 2.75) is 6.54 Å². The molecule has 2 aromatic rings. The lowest BCUT2D eigenvalue weighted by atomic mass is 10.2. The van der Waals surface area contributed by atoms with Gasteiger partial charge in [0.05, 0.1) is 17.8 Å². The predicted octanol–water partition coefficient (Wildman–Crippen LogP) is 1.80. The number of H-pyrrole nitrogens is 1. The summed E-state index contributed by atoms with van der Waals surface area (Å²) in [6.45, 7) is 0.163. The summed E-state index contributed by atoms with van der Waals surface area (Å²) in [6.07, 6.45) is 3.05. The number of nitrogens with one attached hydrogen (secondary N) is 2. The molecule has 19 heavy (non-hydrogen) atoms. The van der Waals surface area contributed by atoms with Crippen LogP contribution in [0.4, 0.5) is 0 Å². The number of hydrogen-bond acceptors (Lipinski definition) is 3. The Hall–Kier alpha value is -2.15. The summed E-state index contributed by atoms with van der Waals surface area (Å²) in [5.41, 5.74) is 1.04. The van der Waals surface area contributed by atoms with Gasteiger partial charge in [-0.25, -0.2) is 4.79 Å². The lowest BCUT2D eigenvalue weighted by Gasteiger charge is -2.04. The van der Waals surface area contributed by atoms with E-state index in [1.165, 1.54) is 18.3 Å². The minimum Gasteiger partial charge on any atom is -0.478 e. The largest absolute Gasteiger partial charge is 0.478 e. The summed E-state index contributed by atoms with van der Waals surface area (Å²) >= 11 is 3.23. The molecular formula is C12H10BrN3O3. The number of pyridine rings is 1. The van der Waals surface area contributed by atoms with Crippen LogP contribution in [0.25, 0.3) is 0 Å². The first-order valence-electron chi connectivity index (χ1n) is 5.36. The molecule has 0 saturated heterocycles. The Morgan fingerprint density at radius 2 is 2.21 bits per heavy atom. The molecule has 0 aliphatic heterocycles. The number of carboxylic acid groups (broad SMARTS) is 1. The maximum absolute atomic E-state index is 11.7. The Bertz CT molecular complexity index is 624. The van der Waals surface area contributed by atoms with E-state index in [0.29, 0.717) is 11.4 Å². The molecule has 0 saturated carbocycles. The third kappa shape index (κ3) is 3.41. The first kappa shape index (κ1) is 13.3. The third-order valence-corrected chi connectivity index (χ3v) is 2.84. The number of halogens is 1. The van der Waals surface area contributed by atoms with Crippen LogP contribution in [-0.2, 0) is 6.54 Å². The van der Waals surface area contributed by atoms with Crippen LogP contribution in [0.2, 0.25) is 0 Å². The van der Waals surface area contributed by atoms with Crippen LogP contribution < -0.4 is 5.32 Å². The van der Waals surface area contributed by atoms with E-state index in [2.05, 4.69) is 31.2 Å². The maximum atomic E-state index is 11.7. The summed E-state index contributed by atoms with van der Waals surface area (Å²) in [6, 6.07) is 4.47. The van der Waals surface area contributed by atoms with Gasteiger partial charge in [-0.2, -0.15) is 0 Å². The number of aromatic carboxylic acids is 1. The van der Waals surface area contributed by atoms with Gasteiger partial charge < -0.3 is 15.4 Å². The fourth-order valence-corrected chi connectivity index (χ4v) is 1.82. The van der Waals surface area contributed by atoms with Gasteiger partial charge in [0, 0.05) is 16.9 Å². The molecule has 1 amide bonds. The molecular weight excluding hydrogens is 314 g/mol. The average Bonchev–Trinajstić information content (AvgIpc) is 2.83. The van der Waals surface area contributed by atoms with Crippen molar-refractivity contribution in [3.05, 3.63) is 52.0 Å². The molecule has 0 aliphatic carbocycles. The molecule has 0 unspecified atom stereocenters. The molecule has 0 aromatic carbocycles. The molecule has 2 heterocycles. The van der Waals surface area contributed by atoms with Gasteiger partial charge in [0.2, 0.25) is 0 Å². The molecule has 6 nitrogen and oxygen atoms in total. The topological polar surface area (TPSA) is 95.1 Å². The minimum atomic E-state index is -1.02. The van der Waals surface area contributed by atoms with Gasteiger partial charge in [-0.3, -0.25) is 9.78 Å². The highest BCUT2D eigenvalue weighted by atomic mass is 79.9. The van der Waals surface area contributed by atoms with Crippen LogP contribution in [0, 0.1) is 0 Å². The van der Waals surface area contributed by atoms with Gasteiger partial charge in [-0.15, -0.1) is 0 Å². The molecule has 0 fully saturated rings. The number of amides is 1. The fraction of sp³-hybridized carbons (Fsp3) is 0.0833. The van der Waals surface area contributed by atoms with E-state index in [1.807, 2.05) is 0 Å². The predicted molar refractivity (Wildman–Crippen MR) is 70.9 cm³/mol. The van der Waals surface area contributed by atoms with Crippen molar-refractivity contribution in [3.8, 4) is 0 Å². The van der Waals surface area contributed by atoms with E-state index < -0.39 is 5.97 Å². The molecule has 2 aromatic heterocycles. The van der Waals surface area contributed by atoms with E-state index in [0.717, 1.165) is 4.47 Å². The zero-order chi connectivity index (χ0) is 13.8. The third-order valence-electron chi connectivity index (χ3n) is 2.39. The molecule has 0 radical (unpaired) electrons. The zero-order valence-electron chi connectivity index (χ0n) is 9.68. The highest BCUT2D eigenvalue weighted by Gasteiger charge is 2.09. The summed E-state index contributed by atoms with van der Waals surface area (Å²) in [5, 5.41) is 11.5. The van der Waals surface area contributed by atoms with Crippen LogP contribution in [0.15, 0.2) is 35.1 Å². The second-order valence-electron chi connectivity index (χ2n) is 3.76. The van der Waals surface area contributed by atoms with Gasteiger partial charge in [0.1, 0.15) is 5.69 Å². The van der Waals surface area contributed by atoms with Gasteiger partial charge in [0.25, 0.3) is 5.91 Å². The van der Waals surface area contributed by atoms with Crippen LogP contribution in [0.1, 0.15) is 26.5 Å². The van der Waals surface area contributed by atoms with E-state index in [9.17, 15) is 9.59 Å². The Kier molecular flexibility index (Phi) is 3.96. The van der Waals surface area contributed by atoms with Crippen molar-refractivity contribution in [2.24, 2.45) is 0 Å². The Labute approximate surface area is 117 Å². The standard InChI is InChI=1S/C12H10BrN3O3/c13-8-4-10(15-5-8)11(17)16-6-9-3-7(12(18)19)1-2-14-9/h1-5,15H,6H2,(H,16,17)(H,18,19). The summed E-state index contributed by atoms with van der Waals surface area (Å²) < 4.78 is 0.781. The Balaban J connectivity index is 2.01. The number of aromatic amines is 1. The van der Waals surface area contributed by atoms with Crippen molar-refractivity contribution < 1.29 is 14.7 Å². The molecule has 0 bridgehead atoms. The van der Waals surface area contributed by atoms with Crippen LogP contribution >= 0.6 is 15.9 Å². The molecule has 2 rings (SSSR count). The number of carbonyl (C=O) groups excluding carboxylic acids is 1. The monoisotopic (exact) mass is 323 g/mol. The van der Waals surface area contributed by atoms with Crippen molar-refractivity contribution in [1.29, 1.82) is 0 Å². The molecule has 98 valence electrons. The smallest absolute Gasteiger partial charge is 0.335 e. The Morgan fingerprint density at radius 3 is 2.84 bits per heavy atom. The molecule has 7 heteroatoms. The molecule has 0 aliphatic rings. The molecule has 0 atom stereocenters. The van der Waals surface area contributed by atoms with Crippen LogP contribution in [-0.4, -0.2) is 27.0 Å². The number of nitrogens with zero attached hydrogens (tertiary/aromatic N) is 1.